The van der Waals surface area contributed by atoms with Crippen molar-refractivity contribution in [1.29, 1.82) is 0 Å². The van der Waals surface area contributed by atoms with Crippen LogP contribution in [-0.2, 0) is 0 Å². The molecule has 0 aliphatic heterocycles. The van der Waals surface area contributed by atoms with Gasteiger partial charge in [-0.25, -0.2) is 4.39 Å². The molecule has 0 spiro atoms. The number of halogens is 2. The van der Waals surface area contributed by atoms with Crippen LogP contribution in [0, 0.1) is 5.82 Å². The molecule has 0 amide bonds. The Hall–Kier alpha value is -1.68. The molecule has 0 aromatic heterocycles. The molecule has 2 rings (SSSR count). The summed E-state index contributed by atoms with van der Waals surface area (Å²) in [6, 6.07) is 10.9. The summed E-state index contributed by atoms with van der Waals surface area (Å²) in [7, 11) is 0. The van der Waals surface area contributed by atoms with Crippen molar-refractivity contribution >= 4 is 27.4 Å². The number of carbonyl (C=O) groups is 1. The molecule has 0 heterocycles. The monoisotopic (exact) mass is 293 g/mol. The van der Waals surface area contributed by atoms with Crippen molar-refractivity contribution in [2.24, 2.45) is 0 Å². The van der Waals surface area contributed by atoms with E-state index in [1.165, 1.54) is 18.2 Å². The van der Waals surface area contributed by atoms with Gasteiger partial charge in [-0.3, -0.25) is 4.79 Å². The van der Waals surface area contributed by atoms with Crippen LogP contribution in [-0.4, -0.2) is 5.78 Å². The van der Waals surface area contributed by atoms with E-state index in [2.05, 4.69) is 15.9 Å². The molecule has 0 atom stereocenters. The van der Waals surface area contributed by atoms with E-state index in [4.69, 9.17) is 5.73 Å². The third-order valence-corrected chi connectivity index (χ3v) is 2.94. The van der Waals surface area contributed by atoms with Gasteiger partial charge in [-0.15, -0.1) is 0 Å². The first-order valence-electron chi connectivity index (χ1n) is 4.93. The molecular weight excluding hydrogens is 285 g/mol. The van der Waals surface area contributed by atoms with Crippen LogP contribution in [0.5, 0.6) is 0 Å². The maximum absolute atomic E-state index is 13.1. The molecule has 2 aromatic carbocycles. The number of nitrogens with two attached hydrogens (primary N) is 1. The fourth-order valence-electron chi connectivity index (χ4n) is 1.48. The first-order valence-corrected chi connectivity index (χ1v) is 5.72. The van der Waals surface area contributed by atoms with Crippen molar-refractivity contribution in [3.63, 3.8) is 0 Å². The zero-order chi connectivity index (χ0) is 12.4. The number of hydrogen-bond acceptors (Lipinski definition) is 2. The van der Waals surface area contributed by atoms with Crippen LogP contribution < -0.4 is 5.73 Å². The molecule has 4 heteroatoms. The van der Waals surface area contributed by atoms with Gasteiger partial charge in [0.1, 0.15) is 5.82 Å². The number of anilines is 1. The molecule has 0 bridgehead atoms. The van der Waals surface area contributed by atoms with E-state index in [1.807, 2.05) is 0 Å². The van der Waals surface area contributed by atoms with Gasteiger partial charge in [-0.2, -0.15) is 0 Å². The number of benzene rings is 2. The molecule has 2 N–H and O–H groups in total. The summed E-state index contributed by atoms with van der Waals surface area (Å²) >= 11 is 3.05. The highest BCUT2D eigenvalue weighted by atomic mass is 79.9. The Bertz CT molecular complexity index is 583. The van der Waals surface area contributed by atoms with Crippen molar-refractivity contribution in [2.45, 2.75) is 0 Å². The van der Waals surface area contributed by atoms with Crippen molar-refractivity contribution in [3.8, 4) is 0 Å². The van der Waals surface area contributed by atoms with Gasteiger partial charge in [0.25, 0.3) is 0 Å². The standard InChI is InChI=1S/C13H9BrFNO/c14-11-7-9(4-5-12(11)15)13(17)8-2-1-3-10(16)6-8/h1-7H,16H2. The molecule has 0 saturated carbocycles. The number of nitrogen functional groups attached to an aromatic ring is 1. The van der Waals surface area contributed by atoms with Gasteiger partial charge in [-0.05, 0) is 46.3 Å². The molecule has 0 fully saturated rings. The zero-order valence-electron chi connectivity index (χ0n) is 8.78. The minimum atomic E-state index is -0.394. The van der Waals surface area contributed by atoms with Crippen LogP contribution in [0.4, 0.5) is 10.1 Å². The van der Waals surface area contributed by atoms with E-state index >= 15 is 0 Å². The highest BCUT2D eigenvalue weighted by Gasteiger charge is 2.11. The first-order chi connectivity index (χ1) is 8.08. The van der Waals surface area contributed by atoms with E-state index in [1.54, 1.807) is 24.3 Å². The van der Waals surface area contributed by atoms with Gasteiger partial charge in [-0.1, -0.05) is 12.1 Å². The Morgan fingerprint density at radius 2 is 1.82 bits per heavy atom. The SMILES string of the molecule is Nc1cccc(C(=O)c2ccc(F)c(Br)c2)c1. The Morgan fingerprint density at radius 1 is 1.12 bits per heavy atom. The molecule has 2 nitrogen and oxygen atoms in total. The second-order valence-corrected chi connectivity index (χ2v) is 4.44. The molecule has 0 radical (unpaired) electrons. The van der Waals surface area contributed by atoms with Gasteiger partial charge in [0, 0.05) is 16.8 Å². The summed E-state index contributed by atoms with van der Waals surface area (Å²) in [5.41, 5.74) is 7.04. The summed E-state index contributed by atoms with van der Waals surface area (Å²) in [6.45, 7) is 0. The lowest BCUT2D eigenvalue weighted by molar-refractivity contribution is 0.103. The third kappa shape index (κ3) is 2.53. The number of carbonyl (C=O) groups excluding carboxylic acids is 1. The van der Waals surface area contributed by atoms with Crippen LogP contribution in [0.3, 0.4) is 0 Å². The molecular formula is C13H9BrFNO. The van der Waals surface area contributed by atoms with Gasteiger partial charge < -0.3 is 5.73 Å². The molecule has 0 aliphatic rings. The largest absolute Gasteiger partial charge is 0.399 e. The summed E-state index contributed by atoms with van der Waals surface area (Å²) < 4.78 is 13.3. The Kier molecular flexibility index (Phi) is 3.24. The van der Waals surface area contributed by atoms with Crippen LogP contribution in [0.25, 0.3) is 0 Å². The Balaban J connectivity index is 2.40. The zero-order valence-corrected chi connectivity index (χ0v) is 10.4. The molecule has 86 valence electrons. The fourth-order valence-corrected chi connectivity index (χ4v) is 1.86. The Labute approximate surface area is 106 Å². The summed E-state index contributed by atoms with van der Waals surface area (Å²) in [4.78, 5) is 12.1. The van der Waals surface area contributed by atoms with Crippen molar-refractivity contribution < 1.29 is 9.18 Å². The highest BCUT2D eigenvalue weighted by Crippen LogP contribution is 2.19. The van der Waals surface area contributed by atoms with Gasteiger partial charge >= 0.3 is 0 Å². The topological polar surface area (TPSA) is 43.1 Å². The van der Waals surface area contributed by atoms with E-state index in [0.717, 1.165) is 0 Å². The van der Waals surface area contributed by atoms with E-state index in [-0.39, 0.29) is 10.3 Å². The lowest BCUT2D eigenvalue weighted by Gasteiger charge is -2.03. The lowest BCUT2D eigenvalue weighted by atomic mass is 10.0. The highest BCUT2D eigenvalue weighted by molar-refractivity contribution is 9.10. The molecule has 17 heavy (non-hydrogen) atoms. The lowest BCUT2D eigenvalue weighted by Crippen LogP contribution is -2.02. The van der Waals surface area contributed by atoms with Crippen LogP contribution in [0.15, 0.2) is 46.9 Å². The number of ketones is 1. The smallest absolute Gasteiger partial charge is 0.193 e. The third-order valence-electron chi connectivity index (χ3n) is 2.33. The van der Waals surface area contributed by atoms with E-state index in [9.17, 15) is 9.18 Å². The van der Waals surface area contributed by atoms with Gasteiger partial charge in [0.15, 0.2) is 5.78 Å². The maximum atomic E-state index is 13.1. The van der Waals surface area contributed by atoms with E-state index < -0.39 is 5.82 Å². The van der Waals surface area contributed by atoms with Crippen molar-refractivity contribution in [2.75, 3.05) is 5.73 Å². The maximum Gasteiger partial charge on any atom is 0.193 e. The van der Waals surface area contributed by atoms with Gasteiger partial charge in [0.05, 0.1) is 4.47 Å². The minimum Gasteiger partial charge on any atom is -0.399 e. The summed E-state index contributed by atoms with van der Waals surface area (Å²) in [5, 5.41) is 0. The average molecular weight is 294 g/mol. The summed E-state index contributed by atoms with van der Waals surface area (Å²) in [5.74, 6) is -0.577. The number of hydrogen-bond donors (Lipinski definition) is 1. The quantitative estimate of drug-likeness (QED) is 0.681. The molecule has 2 aromatic rings. The second kappa shape index (κ2) is 4.67. The predicted octanol–water partition coefficient (Wildman–Crippen LogP) is 3.40. The average Bonchev–Trinajstić information content (AvgIpc) is 2.32. The van der Waals surface area contributed by atoms with Crippen LogP contribution >= 0.6 is 15.9 Å². The van der Waals surface area contributed by atoms with Crippen molar-refractivity contribution in [1.82, 2.24) is 0 Å². The van der Waals surface area contributed by atoms with Crippen LogP contribution in [0.1, 0.15) is 15.9 Å². The van der Waals surface area contributed by atoms with E-state index in [0.29, 0.717) is 16.8 Å². The molecule has 0 aliphatic carbocycles. The van der Waals surface area contributed by atoms with Crippen LogP contribution in [0.2, 0.25) is 0 Å². The van der Waals surface area contributed by atoms with Crippen molar-refractivity contribution in [3.05, 3.63) is 63.9 Å². The molecule has 0 saturated heterocycles. The van der Waals surface area contributed by atoms with Gasteiger partial charge in [0.2, 0.25) is 0 Å². The second-order valence-electron chi connectivity index (χ2n) is 3.58. The fraction of sp³-hybridized carbons (Fsp3) is 0. The molecule has 0 unspecified atom stereocenters. The Morgan fingerprint density at radius 3 is 2.47 bits per heavy atom. The summed E-state index contributed by atoms with van der Waals surface area (Å²) in [6.07, 6.45) is 0. The first kappa shape index (κ1) is 11.8. The number of rotatable bonds is 2. The normalized spacial score (nSPS) is 10.2. The minimum absolute atomic E-state index is 0.182. The predicted molar refractivity (Wildman–Crippen MR) is 68.4 cm³/mol.